The van der Waals surface area contributed by atoms with Gasteiger partial charge >= 0.3 is 0 Å². The molecule has 0 saturated carbocycles. The first kappa shape index (κ1) is 12.9. The predicted octanol–water partition coefficient (Wildman–Crippen LogP) is -0.0854. The molecular weight excluding hydrogens is 214 g/mol. The normalized spacial score (nSPS) is 20.7. The van der Waals surface area contributed by atoms with Crippen LogP contribution in [0.25, 0.3) is 0 Å². The van der Waals surface area contributed by atoms with Crippen molar-refractivity contribution in [1.29, 1.82) is 0 Å². The summed E-state index contributed by atoms with van der Waals surface area (Å²) in [5.74, 6) is 0. The highest BCUT2D eigenvalue weighted by atomic mass is 32.2. The van der Waals surface area contributed by atoms with E-state index in [1.165, 1.54) is 4.31 Å². The summed E-state index contributed by atoms with van der Waals surface area (Å²) in [4.78, 5) is 0. The molecule has 0 amide bonds. The summed E-state index contributed by atoms with van der Waals surface area (Å²) < 4.78 is 27.3. The summed E-state index contributed by atoms with van der Waals surface area (Å²) in [5.41, 5.74) is 0. The molecule has 0 unspecified atom stereocenters. The van der Waals surface area contributed by atoms with Crippen molar-refractivity contribution in [2.45, 2.75) is 32.7 Å². The van der Waals surface area contributed by atoms with Crippen LogP contribution in [0.4, 0.5) is 0 Å². The third-order valence-corrected chi connectivity index (χ3v) is 4.31. The second kappa shape index (κ2) is 5.79. The maximum atomic E-state index is 11.6. The van der Waals surface area contributed by atoms with Crippen LogP contribution < -0.4 is 10.0 Å². The van der Waals surface area contributed by atoms with Gasteiger partial charge in [-0.25, -0.2) is 4.72 Å². The minimum Gasteiger partial charge on any atom is -0.314 e. The van der Waals surface area contributed by atoms with E-state index < -0.39 is 10.2 Å². The van der Waals surface area contributed by atoms with Crippen molar-refractivity contribution in [3.8, 4) is 0 Å². The van der Waals surface area contributed by atoms with Crippen LogP contribution in [-0.4, -0.2) is 44.9 Å². The van der Waals surface area contributed by atoms with Crippen molar-refractivity contribution < 1.29 is 8.42 Å². The Bertz CT molecular complexity index is 271. The van der Waals surface area contributed by atoms with Crippen LogP contribution in [-0.2, 0) is 10.2 Å². The van der Waals surface area contributed by atoms with Crippen molar-refractivity contribution in [2.75, 3.05) is 26.2 Å². The molecule has 0 atom stereocenters. The molecule has 0 aromatic heterocycles. The average molecular weight is 235 g/mol. The van der Waals surface area contributed by atoms with Crippen LogP contribution in [0, 0.1) is 0 Å². The Morgan fingerprint density at radius 1 is 1.20 bits per heavy atom. The molecular formula is C9H21N3O2S. The van der Waals surface area contributed by atoms with Crippen molar-refractivity contribution in [3.63, 3.8) is 0 Å². The Labute approximate surface area is 92.4 Å². The van der Waals surface area contributed by atoms with Crippen LogP contribution in [0.3, 0.4) is 0 Å². The lowest BCUT2D eigenvalue weighted by Crippen LogP contribution is -2.48. The van der Waals surface area contributed by atoms with Crippen molar-refractivity contribution in [3.05, 3.63) is 0 Å². The number of nitrogens with one attached hydrogen (secondary N) is 2. The highest BCUT2D eigenvalue weighted by molar-refractivity contribution is 7.87. The van der Waals surface area contributed by atoms with E-state index in [2.05, 4.69) is 17.0 Å². The summed E-state index contributed by atoms with van der Waals surface area (Å²) in [6, 6.07) is 0.475. The summed E-state index contributed by atoms with van der Waals surface area (Å²) in [7, 11) is -3.22. The Morgan fingerprint density at radius 2 is 1.80 bits per heavy atom. The van der Waals surface area contributed by atoms with E-state index in [1.54, 1.807) is 6.92 Å². The second-order valence-corrected chi connectivity index (χ2v) is 5.49. The summed E-state index contributed by atoms with van der Waals surface area (Å²) in [6.07, 6.45) is 1.80. The highest BCUT2D eigenvalue weighted by Crippen LogP contribution is 2.12. The zero-order valence-corrected chi connectivity index (χ0v) is 10.3. The number of piperidine rings is 1. The molecule has 6 heteroatoms. The quantitative estimate of drug-likeness (QED) is 0.700. The zero-order valence-electron chi connectivity index (χ0n) is 9.49. The van der Waals surface area contributed by atoms with Gasteiger partial charge in [-0.3, -0.25) is 0 Å². The van der Waals surface area contributed by atoms with Gasteiger partial charge in [0, 0.05) is 25.7 Å². The SMILES string of the molecule is CCNC1CCN(S(=O)(=O)NCC)CC1. The number of hydrogen-bond acceptors (Lipinski definition) is 3. The summed E-state index contributed by atoms with van der Waals surface area (Å²) >= 11 is 0. The van der Waals surface area contributed by atoms with E-state index in [0.717, 1.165) is 19.4 Å². The minimum atomic E-state index is -3.22. The maximum absolute atomic E-state index is 11.6. The summed E-state index contributed by atoms with van der Waals surface area (Å²) in [5, 5.41) is 3.35. The largest absolute Gasteiger partial charge is 0.314 e. The van der Waals surface area contributed by atoms with Gasteiger partial charge in [0.25, 0.3) is 10.2 Å². The number of hydrogen-bond donors (Lipinski definition) is 2. The Hall–Kier alpha value is -0.170. The smallest absolute Gasteiger partial charge is 0.279 e. The van der Waals surface area contributed by atoms with Gasteiger partial charge < -0.3 is 5.32 Å². The standard InChI is InChI=1S/C9H21N3O2S/c1-3-10-9-5-7-12(8-6-9)15(13,14)11-4-2/h9-11H,3-8H2,1-2H3. The molecule has 0 aliphatic carbocycles. The van der Waals surface area contributed by atoms with Gasteiger partial charge in [0.2, 0.25) is 0 Å². The van der Waals surface area contributed by atoms with Gasteiger partial charge in [0.15, 0.2) is 0 Å². The van der Waals surface area contributed by atoms with Crippen LogP contribution >= 0.6 is 0 Å². The fourth-order valence-electron chi connectivity index (χ4n) is 1.86. The van der Waals surface area contributed by atoms with Crippen LogP contribution in [0.2, 0.25) is 0 Å². The van der Waals surface area contributed by atoms with Crippen LogP contribution in [0.1, 0.15) is 26.7 Å². The minimum absolute atomic E-state index is 0.454. The van der Waals surface area contributed by atoms with Crippen molar-refractivity contribution in [2.24, 2.45) is 0 Å². The van der Waals surface area contributed by atoms with E-state index in [9.17, 15) is 8.42 Å². The Kier molecular flexibility index (Phi) is 4.98. The van der Waals surface area contributed by atoms with Crippen molar-refractivity contribution in [1.82, 2.24) is 14.3 Å². The molecule has 0 radical (unpaired) electrons. The molecule has 1 fully saturated rings. The van der Waals surface area contributed by atoms with Gasteiger partial charge in [-0.15, -0.1) is 0 Å². The number of nitrogens with zero attached hydrogens (tertiary/aromatic N) is 1. The highest BCUT2D eigenvalue weighted by Gasteiger charge is 2.26. The third-order valence-electron chi connectivity index (χ3n) is 2.61. The zero-order chi connectivity index (χ0) is 11.3. The first-order chi connectivity index (χ1) is 7.10. The van der Waals surface area contributed by atoms with E-state index in [-0.39, 0.29) is 0 Å². The molecule has 15 heavy (non-hydrogen) atoms. The molecule has 1 heterocycles. The molecule has 1 aliphatic heterocycles. The monoisotopic (exact) mass is 235 g/mol. The second-order valence-electron chi connectivity index (χ2n) is 3.73. The molecule has 0 spiro atoms. The van der Waals surface area contributed by atoms with E-state index in [4.69, 9.17) is 0 Å². The molecule has 2 N–H and O–H groups in total. The molecule has 1 rings (SSSR count). The predicted molar refractivity (Wildman–Crippen MR) is 60.9 cm³/mol. The molecule has 90 valence electrons. The topological polar surface area (TPSA) is 61.4 Å². The van der Waals surface area contributed by atoms with Gasteiger partial charge in [0.05, 0.1) is 0 Å². The third kappa shape index (κ3) is 3.71. The van der Waals surface area contributed by atoms with Gasteiger partial charge in [0.1, 0.15) is 0 Å². The fraction of sp³-hybridized carbons (Fsp3) is 1.00. The molecule has 5 nitrogen and oxygen atoms in total. The van der Waals surface area contributed by atoms with Gasteiger partial charge in [-0.2, -0.15) is 12.7 Å². The van der Waals surface area contributed by atoms with E-state index >= 15 is 0 Å². The fourth-order valence-corrected chi connectivity index (χ4v) is 3.10. The number of rotatable bonds is 5. The lowest BCUT2D eigenvalue weighted by atomic mass is 10.1. The van der Waals surface area contributed by atoms with Crippen LogP contribution in [0.5, 0.6) is 0 Å². The molecule has 1 aliphatic rings. The van der Waals surface area contributed by atoms with E-state index in [0.29, 0.717) is 25.7 Å². The van der Waals surface area contributed by atoms with Crippen LogP contribution in [0.15, 0.2) is 0 Å². The Morgan fingerprint density at radius 3 is 2.27 bits per heavy atom. The summed E-state index contributed by atoms with van der Waals surface area (Å²) in [6.45, 7) is 6.50. The first-order valence-corrected chi connectivity index (χ1v) is 7.02. The Balaban J connectivity index is 2.43. The van der Waals surface area contributed by atoms with Gasteiger partial charge in [-0.05, 0) is 19.4 Å². The molecule has 0 bridgehead atoms. The first-order valence-electron chi connectivity index (χ1n) is 5.58. The van der Waals surface area contributed by atoms with E-state index in [1.807, 2.05) is 0 Å². The van der Waals surface area contributed by atoms with Gasteiger partial charge in [-0.1, -0.05) is 13.8 Å². The lowest BCUT2D eigenvalue weighted by Gasteiger charge is -2.31. The molecule has 0 aromatic rings. The molecule has 1 saturated heterocycles. The molecule has 0 aromatic carbocycles. The average Bonchev–Trinajstić information content (AvgIpc) is 2.19. The van der Waals surface area contributed by atoms with Crippen molar-refractivity contribution >= 4 is 10.2 Å². The lowest BCUT2D eigenvalue weighted by molar-refractivity contribution is 0.289. The maximum Gasteiger partial charge on any atom is 0.279 e.